The number of morpholine rings is 1. The predicted octanol–water partition coefficient (Wildman–Crippen LogP) is 1.52. The number of rotatable bonds is 8. The lowest BCUT2D eigenvalue weighted by atomic mass is 10.0. The molecule has 1 aliphatic rings. The standard InChI is InChI=1S/C20H30N6O3/c1-4-21-20(23-14-19-24-15(2)29-25-19)22-13-18(26-9-11-28-12-10-26)16-5-7-17(27-3)8-6-16/h5-8,18H,4,9-14H2,1-3H3,(H2,21,22,23). The first-order chi connectivity index (χ1) is 14.2. The second-order valence-electron chi connectivity index (χ2n) is 6.74. The van der Waals surface area contributed by atoms with Crippen LogP contribution in [0.1, 0.15) is 30.2 Å². The molecular formula is C20H30N6O3. The molecule has 3 rings (SSSR count). The molecule has 0 amide bonds. The van der Waals surface area contributed by atoms with Crippen LogP contribution in [0.4, 0.5) is 0 Å². The van der Waals surface area contributed by atoms with E-state index in [9.17, 15) is 0 Å². The van der Waals surface area contributed by atoms with Crippen LogP contribution in [0, 0.1) is 6.92 Å². The summed E-state index contributed by atoms with van der Waals surface area (Å²) in [5, 5.41) is 10.6. The number of benzene rings is 1. The lowest BCUT2D eigenvalue weighted by Crippen LogP contribution is -2.46. The van der Waals surface area contributed by atoms with Gasteiger partial charge >= 0.3 is 0 Å². The topological polar surface area (TPSA) is 97.0 Å². The molecule has 1 unspecified atom stereocenters. The Bertz CT molecular complexity index is 771. The van der Waals surface area contributed by atoms with Gasteiger partial charge in [-0.15, -0.1) is 0 Å². The number of aliphatic imine (C=N–C) groups is 1. The summed E-state index contributed by atoms with van der Waals surface area (Å²) >= 11 is 0. The summed E-state index contributed by atoms with van der Waals surface area (Å²) in [5.74, 6) is 2.69. The molecule has 2 aromatic rings. The molecule has 2 N–H and O–H groups in total. The van der Waals surface area contributed by atoms with Crippen molar-refractivity contribution in [1.29, 1.82) is 0 Å². The van der Waals surface area contributed by atoms with Crippen molar-refractivity contribution in [3.8, 4) is 5.75 Å². The third kappa shape index (κ3) is 6.16. The van der Waals surface area contributed by atoms with E-state index in [0.717, 1.165) is 44.6 Å². The number of guanidine groups is 1. The molecule has 0 radical (unpaired) electrons. The highest BCUT2D eigenvalue weighted by atomic mass is 16.5. The van der Waals surface area contributed by atoms with E-state index < -0.39 is 0 Å². The third-order valence-electron chi connectivity index (χ3n) is 4.74. The van der Waals surface area contributed by atoms with Gasteiger partial charge in [0.15, 0.2) is 11.8 Å². The second kappa shape index (κ2) is 10.8. The number of hydrogen-bond donors (Lipinski definition) is 2. The number of aryl methyl sites for hydroxylation is 1. The zero-order chi connectivity index (χ0) is 20.5. The second-order valence-corrected chi connectivity index (χ2v) is 6.74. The first-order valence-electron chi connectivity index (χ1n) is 9.96. The molecule has 1 aliphatic heterocycles. The van der Waals surface area contributed by atoms with Crippen molar-refractivity contribution >= 4 is 5.96 Å². The fourth-order valence-corrected chi connectivity index (χ4v) is 3.26. The van der Waals surface area contributed by atoms with Crippen molar-refractivity contribution in [2.24, 2.45) is 4.99 Å². The van der Waals surface area contributed by atoms with E-state index in [4.69, 9.17) is 14.0 Å². The summed E-state index contributed by atoms with van der Waals surface area (Å²) in [6.45, 7) is 8.94. The number of ether oxygens (including phenoxy) is 2. The average Bonchev–Trinajstić information content (AvgIpc) is 3.18. The predicted molar refractivity (Wildman–Crippen MR) is 110 cm³/mol. The molecule has 0 saturated carbocycles. The summed E-state index contributed by atoms with van der Waals surface area (Å²) in [7, 11) is 1.68. The maximum atomic E-state index is 5.54. The molecule has 1 saturated heterocycles. The minimum absolute atomic E-state index is 0.195. The molecule has 0 aliphatic carbocycles. The molecule has 0 bridgehead atoms. The summed E-state index contributed by atoms with van der Waals surface area (Å²) in [5.41, 5.74) is 1.23. The maximum absolute atomic E-state index is 5.54. The molecule has 158 valence electrons. The zero-order valence-corrected chi connectivity index (χ0v) is 17.4. The lowest BCUT2D eigenvalue weighted by molar-refractivity contribution is 0.0170. The van der Waals surface area contributed by atoms with Crippen LogP contribution in [-0.4, -0.2) is 67.5 Å². The van der Waals surface area contributed by atoms with Gasteiger partial charge < -0.3 is 24.6 Å². The molecular weight excluding hydrogens is 372 g/mol. The number of methoxy groups -OCH3 is 1. The highest BCUT2D eigenvalue weighted by Gasteiger charge is 2.23. The maximum Gasteiger partial charge on any atom is 0.223 e. The smallest absolute Gasteiger partial charge is 0.223 e. The van der Waals surface area contributed by atoms with Crippen LogP contribution < -0.4 is 15.4 Å². The van der Waals surface area contributed by atoms with Crippen LogP contribution in [0.25, 0.3) is 0 Å². The summed E-state index contributed by atoms with van der Waals surface area (Å²) in [6, 6.07) is 8.43. The number of nitrogens with zero attached hydrogens (tertiary/aromatic N) is 4. The first-order valence-corrected chi connectivity index (χ1v) is 9.96. The van der Waals surface area contributed by atoms with E-state index in [0.29, 0.717) is 24.8 Å². The molecule has 1 atom stereocenters. The van der Waals surface area contributed by atoms with E-state index in [1.54, 1.807) is 14.0 Å². The molecule has 1 fully saturated rings. The van der Waals surface area contributed by atoms with Gasteiger partial charge in [0.1, 0.15) is 12.3 Å². The Kier molecular flexibility index (Phi) is 7.83. The van der Waals surface area contributed by atoms with Crippen LogP contribution in [0.5, 0.6) is 5.75 Å². The van der Waals surface area contributed by atoms with Gasteiger partial charge in [0.25, 0.3) is 0 Å². The minimum Gasteiger partial charge on any atom is -0.497 e. The van der Waals surface area contributed by atoms with Gasteiger partial charge in [-0.1, -0.05) is 17.3 Å². The SMILES string of the molecule is CCNC(=NCc1noc(C)n1)NCC(c1ccc(OC)cc1)N1CCOCC1. The van der Waals surface area contributed by atoms with Gasteiger partial charge in [-0.05, 0) is 24.6 Å². The lowest BCUT2D eigenvalue weighted by Gasteiger charge is -2.35. The third-order valence-corrected chi connectivity index (χ3v) is 4.74. The Morgan fingerprint density at radius 1 is 1.24 bits per heavy atom. The zero-order valence-electron chi connectivity index (χ0n) is 17.4. The molecule has 9 heteroatoms. The summed E-state index contributed by atoms with van der Waals surface area (Å²) in [6.07, 6.45) is 0. The molecule has 2 heterocycles. The van der Waals surface area contributed by atoms with Crippen molar-refractivity contribution in [3.63, 3.8) is 0 Å². The van der Waals surface area contributed by atoms with Crippen LogP contribution >= 0.6 is 0 Å². The van der Waals surface area contributed by atoms with Gasteiger partial charge in [0.05, 0.1) is 26.4 Å². The van der Waals surface area contributed by atoms with Gasteiger partial charge in [-0.25, -0.2) is 4.99 Å². The first kappa shape index (κ1) is 21.1. The Balaban J connectivity index is 1.70. The fraction of sp³-hybridized carbons (Fsp3) is 0.550. The Morgan fingerprint density at radius 2 is 2.00 bits per heavy atom. The Hall–Kier alpha value is -2.65. The Morgan fingerprint density at radius 3 is 2.62 bits per heavy atom. The fourth-order valence-electron chi connectivity index (χ4n) is 3.26. The van der Waals surface area contributed by atoms with Crippen molar-refractivity contribution in [3.05, 3.63) is 41.5 Å². The van der Waals surface area contributed by atoms with Crippen molar-refractivity contribution in [2.75, 3.05) is 46.5 Å². The monoisotopic (exact) mass is 402 g/mol. The molecule has 1 aromatic heterocycles. The van der Waals surface area contributed by atoms with Crippen molar-refractivity contribution in [1.82, 2.24) is 25.7 Å². The van der Waals surface area contributed by atoms with Crippen LogP contribution in [0.15, 0.2) is 33.8 Å². The van der Waals surface area contributed by atoms with Gasteiger partial charge in [-0.2, -0.15) is 4.98 Å². The molecule has 1 aromatic carbocycles. The normalized spacial score (nSPS) is 16.4. The average molecular weight is 402 g/mol. The summed E-state index contributed by atoms with van der Waals surface area (Å²) < 4.78 is 15.8. The minimum atomic E-state index is 0.195. The highest BCUT2D eigenvalue weighted by Crippen LogP contribution is 2.23. The largest absolute Gasteiger partial charge is 0.497 e. The number of nitrogens with one attached hydrogen (secondary N) is 2. The van der Waals surface area contributed by atoms with E-state index >= 15 is 0 Å². The van der Waals surface area contributed by atoms with Gasteiger partial charge in [0.2, 0.25) is 5.89 Å². The van der Waals surface area contributed by atoms with Crippen molar-refractivity contribution in [2.45, 2.75) is 26.4 Å². The molecule has 9 nitrogen and oxygen atoms in total. The Labute approximate surface area is 171 Å². The van der Waals surface area contributed by atoms with E-state index in [-0.39, 0.29) is 6.04 Å². The van der Waals surface area contributed by atoms with Crippen LogP contribution in [0.2, 0.25) is 0 Å². The summed E-state index contributed by atoms with van der Waals surface area (Å²) in [4.78, 5) is 11.2. The molecule has 0 spiro atoms. The van der Waals surface area contributed by atoms with E-state index in [2.05, 4.69) is 42.8 Å². The number of aromatic nitrogens is 2. The quantitative estimate of drug-likeness (QED) is 0.507. The van der Waals surface area contributed by atoms with Gasteiger partial charge in [-0.3, -0.25) is 4.90 Å². The molecule has 29 heavy (non-hydrogen) atoms. The number of hydrogen-bond acceptors (Lipinski definition) is 7. The van der Waals surface area contributed by atoms with E-state index in [1.165, 1.54) is 5.56 Å². The van der Waals surface area contributed by atoms with Gasteiger partial charge in [0, 0.05) is 33.1 Å². The van der Waals surface area contributed by atoms with Crippen molar-refractivity contribution < 1.29 is 14.0 Å². The van der Waals surface area contributed by atoms with Crippen LogP contribution in [0.3, 0.4) is 0 Å². The van der Waals surface area contributed by atoms with Crippen LogP contribution in [-0.2, 0) is 11.3 Å². The highest BCUT2D eigenvalue weighted by molar-refractivity contribution is 5.79. The van der Waals surface area contributed by atoms with E-state index in [1.807, 2.05) is 19.1 Å².